The van der Waals surface area contributed by atoms with Gasteiger partial charge in [-0.1, -0.05) is 12.1 Å². The Morgan fingerprint density at radius 3 is 2.72 bits per heavy atom. The van der Waals surface area contributed by atoms with Crippen molar-refractivity contribution in [2.45, 2.75) is 20.3 Å². The van der Waals surface area contributed by atoms with Gasteiger partial charge in [-0.25, -0.2) is 18.6 Å². The smallest absolute Gasteiger partial charge is 0.376 e. The molecule has 0 aliphatic carbocycles. The second-order valence-corrected chi connectivity index (χ2v) is 5.03. The van der Waals surface area contributed by atoms with E-state index in [1.165, 1.54) is 6.07 Å². The van der Waals surface area contributed by atoms with Gasteiger partial charge in [0.15, 0.2) is 11.6 Å². The lowest BCUT2D eigenvalue weighted by Gasteiger charge is -2.09. The Bertz CT molecular complexity index is 943. The summed E-state index contributed by atoms with van der Waals surface area (Å²) in [6.45, 7) is 3.67. The molecule has 2 heterocycles. The van der Waals surface area contributed by atoms with Crippen LogP contribution in [0, 0.1) is 11.6 Å². The standard InChI is InChI=1S/C16H14F2N4O3/c1-3-11-12-13(19-8-5-6-9(17)10(18)7-8)20-14(16(23)24-4-2)21-15(12)25-22-11/h5-7H,3-4H2,1-2H3,(H,19,20,21). The number of hydrogen-bond donors (Lipinski definition) is 1. The van der Waals surface area contributed by atoms with E-state index in [0.717, 1.165) is 12.1 Å². The predicted molar refractivity (Wildman–Crippen MR) is 84.6 cm³/mol. The zero-order chi connectivity index (χ0) is 18.0. The summed E-state index contributed by atoms with van der Waals surface area (Å²) >= 11 is 0. The molecular formula is C16H14F2N4O3. The molecule has 1 aromatic carbocycles. The number of aromatic nitrogens is 3. The fraction of sp³-hybridized carbons (Fsp3) is 0.250. The molecule has 0 atom stereocenters. The molecule has 7 nitrogen and oxygen atoms in total. The number of ether oxygens (including phenoxy) is 1. The van der Waals surface area contributed by atoms with Crippen molar-refractivity contribution in [1.29, 1.82) is 0 Å². The second kappa shape index (κ2) is 6.80. The Morgan fingerprint density at radius 1 is 1.24 bits per heavy atom. The predicted octanol–water partition coefficient (Wildman–Crippen LogP) is 3.38. The summed E-state index contributed by atoms with van der Waals surface area (Å²) in [7, 11) is 0. The van der Waals surface area contributed by atoms with E-state index in [9.17, 15) is 13.6 Å². The van der Waals surface area contributed by atoms with E-state index in [1.54, 1.807) is 6.92 Å². The van der Waals surface area contributed by atoms with E-state index < -0.39 is 17.6 Å². The molecule has 0 radical (unpaired) electrons. The van der Waals surface area contributed by atoms with Crippen LogP contribution in [-0.4, -0.2) is 27.7 Å². The fourth-order valence-corrected chi connectivity index (χ4v) is 2.24. The molecule has 1 N–H and O–H groups in total. The average molecular weight is 348 g/mol. The Kier molecular flexibility index (Phi) is 4.55. The topological polar surface area (TPSA) is 90.1 Å². The van der Waals surface area contributed by atoms with Crippen molar-refractivity contribution < 1.29 is 22.8 Å². The third-order valence-corrected chi connectivity index (χ3v) is 3.38. The van der Waals surface area contributed by atoms with E-state index in [0.29, 0.717) is 17.5 Å². The lowest BCUT2D eigenvalue weighted by molar-refractivity contribution is 0.0512. The lowest BCUT2D eigenvalue weighted by Crippen LogP contribution is -2.11. The molecule has 0 amide bonds. The number of rotatable bonds is 5. The van der Waals surface area contributed by atoms with E-state index >= 15 is 0 Å². The molecule has 2 aromatic heterocycles. The van der Waals surface area contributed by atoms with Crippen molar-refractivity contribution in [2.75, 3.05) is 11.9 Å². The quantitative estimate of drug-likeness (QED) is 0.707. The highest BCUT2D eigenvalue weighted by Gasteiger charge is 2.21. The molecule has 0 spiro atoms. The first-order valence-corrected chi connectivity index (χ1v) is 7.59. The molecule has 9 heteroatoms. The summed E-state index contributed by atoms with van der Waals surface area (Å²) in [5.74, 6) is -2.74. The van der Waals surface area contributed by atoms with Crippen LogP contribution in [0.15, 0.2) is 22.7 Å². The molecule has 0 fully saturated rings. The Hall–Kier alpha value is -3.10. The van der Waals surface area contributed by atoms with E-state index in [-0.39, 0.29) is 29.7 Å². The van der Waals surface area contributed by atoms with Crippen LogP contribution in [-0.2, 0) is 11.2 Å². The third-order valence-electron chi connectivity index (χ3n) is 3.38. The fourth-order valence-electron chi connectivity index (χ4n) is 2.24. The molecule has 130 valence electrons. The SMILES string of the molecule is CCOC(=O)c1nc(Nc2ccc(F)c(F)c2)c2c(CC)noc2n1. The van der Waals surface area contributed by atoms with Gasteiger partial charge in [-0.15, -0.1) is 0 Å². The van der Waals surface area contributed by atoms with E-state index in [1.807, 2.05) is 6.92 Å². The van der Waals surface area contributed by atoms with Gasteiger partial charge in [-0.3, -0.25) is 0 Å². The van der Waals surface area contributed by atoms with Gasteiger partial charge >= 0.3 is 5.97 Å². The molecular weight excluding hydrogens is 334 g/mol. The average Bonchev–Trinajstić information content (AvgIpc) is 3.02. The highest BCUT2D eigenvalue weighted by molar-refractivity contribution is 5.94. The van der Waals surface area contributed by atoms with Crippen molar-refractivity contribution in [1.82, 2.24) is 15.1 Å². The van der Waals surface area contributed by atoms with Gasteiger partial charge in [0, 0.05) is 11.8 Å². The van der Waals surface area contributed by atoms with Crippen LogP contribution in [0.1, 0.15) is 30.2 Å². The van der Waals surface area contributed by atoms with Gasteiger partial charge in [0.05, 0.1) is 12.3 Å². The van der Waals surface area contributed by atoms with Crippen molar-refractivity contribution in [3.63, 3.8) is 0 Å². The minimum Gasteiger partial charge on any atom is -0.460 e. The zero-order valence-corrected chi connectivity index (χ0v) is 13.5. The first kappa shape index (κ1) is 16.7. The maximum Gasteiger partial charge on any atom is 0.376 e. The number of nitrogens with one attached hydrogen (secondary N) is 1. The normalized spacial score (nSPS) is 10.9. The molecule has 0 aliphatic rings. The Balaban J connectivity index is 2.10. The number of nitrogens with zero attached hydrogens (tertiary/aromatic N) is 3. The van der Waals surface area contributed by atoms with Crippen molar-refractivity contribution in [2.24, 2.45) is 0 Å². The number of anilines is 2. The molecule has 0 saturated carbocycles. The summed E-state index contributed by atoms with van der Waals surface area (Å²) in [6, 6.07) is 3.30. The molecule has 25 heavy (non-hydrogen) atoms. The number of esters is 1. The maximum absolute atomic E-state index is 13.4. The van der Waals surface area contributed by atoms with Gasteiger partial charge in [0.1, 0.15) is 11.2 Å². The Labute approximate surface area is 141 Å². The van der Waals surface area contributed by atoms with Crippen LogP contribution in [0.3, 0.4) is 0 Å². The van der Waals surface area contributed by atoms with Crippen LogP contribution in [0.4, 0.5) is 20.3 Å². The number of hydrogen-bond acceptors (Lipinski definition) is 7. The molecule has 3 rings (SSSR count). The third kappa shape index (κ3) is 3.25. The zero-order valence-electron chi connectivity index (χ0n) is 13.5. The number of fused-ring (bicyclic) bond motifs is 1. The minimum absolute atomic E-state index is 0.0972. The highest BCUT2D eigenvalue weighted by Crippen LogP contribution is 2.28. The minimum atomic E-state index is -1.01. The second-order valence-electron chi connectivity index (χ2n) is 5.03. The number of carbonyl (C=O) groups excluding carboxylic acids is 1. The summed E-state index contributed by atoms with van der Waals surface area (Å²) in [4.78, 5) is 20.1. The summed E-state index contributed by atoms with van der Waals surface area (Å²) in [5.41, 5.74) is 0.910. The van der Waals surface area contributed by atoms with Crippen LogP contribution in [0.25, 0.3) is 11.1 Å². The van der Waals surface area contributed by atoms with Gasteiger partial charge in [0.2, 0.25) is 5.82 Å². The summed E-state index contributed by atoms with van der Waals surface area (Å²) in [6.07, 6.45) is 0.529. The van der Waals surface area contributed by atoms with E-state index in [2.05, 4.69) is 20.4 Å². The Morgan fingerprint density at radius 2 is 2.04 bits per heavy atom. The maximum atomic E-state index is 13.4. The van der Waals surface area contributed by atoms with Crippen LogP contribution < -0.4 is 5.32 Å². The van der Waals surface area contributed by atoms with Gasteiger partial charge in [-0.2, -0.15) is 4.98 Å². The van der Waals surface area contributed by atoms with Crippen LogP contribution in [0.2, 0.25) is 0 Å². The number of carbonyl (C=O) groups is 1. The molecule has 0 aliphatic heterocycles. The lowest BCUT2D eigenvalue weighted by atomic mass is 10.2. The van der Waals surface area contributed by atoms with Crippen LogP contribution >= 0.6 is 0 Å². The number of benzene rings is 1. The summed E-state index contributed by atoms with van der Waals surface area (Å²) in [5, 5.41) is 7.20. The van der Waals surface area contributed by atoms with Gasteiger partial charge in [-0.05, 0) is 25.5 Å². The first-order chi connectivity index (χ1) is 12.0. The number of halogens is 2. The van der Waals surface area contributed by atoms with Crippen LogP contribution in [0.5, 0.6) is 0 Å². The van der Waals surface area contributed by atoms with E-state index in [4.69, 9.17) is 9.26 Å². The monoisotopic (exact) mass is 348 g/mol. The molecule has 0 saturated heterocycles. The summed E-state index contributed by atoms with van der Waals surface area (Å²) < 4.78 is 36.6. The van der Waals surface area contributed by atoms with Gasteiger partial charge < -0.3 is 14.6 Å². The largest absolute Gasteiger partial charge is 0.460 e. The molecule has 3 aromatic rings. The first-order valence-electron chi connectivity index (χ1n) is 7.59. The van der Waals surface area contributed by atoms with Crippen molar-refractivity contribution in [3.8, 4) is 0 Å². The number of aryl methyl sites for hydroxylation is 1. The van der Waals surface area contributed by atoms with Crippen molar-refractivity contribution in [3.05, 3.63) is 41.4 Å². The highest BCUT2D eigenvalue weighted by atomic mass is 19.2. The van der Waals surface area contributed by atoms with Gasteiger partial charge in [0.25, 0.3) is 5.71 Å². The molecule has 0 unspecified atom stereocenters. The van der Waals surface area contributed by atoms with Crippen molar-refractivity contribution >= 4 is 28.6 Å². The molecule has 0 bridgehead atoms.